The molecule has 0 saturated heterocycles. The molecule has 3 N–H and O–H groups in total. The van der Waals surface area contributed by atoms with Crippen molar-refractivity contribution in [3.05, 3.63) is 95.6 Å². The van der Waals surface area contributed by atoms with Gasteiger partial charge in [-0.1, -0.05) is 60.2 Å². The molecule has 0 aliphatic heterocycles. The Labute approximate surface area is 184 Å². The summed E-state index contributed by atoms with van der Waals surface area (Å²) in [4.78, 5) is 22.6. The molecule has 0 bridgehead atoms. The van der Waals surface area contributed by atoms with Gasteiger partial charge in [-0.05, 0) is 36.8 Å². The van der Waals surface area contributed by atoms with Gasteiger partial charge in [-0.3, -0.25) is 4.79 Å². The number of benzene rings is 3. The van der Waals surface area contributed by atoms with E-state index < -0.39 is 0 Å². The minimum absolute atomic E-state index is 0.173. The van der Waals surface area contributed by atoms with E-state index in [1.165, 1.54) is 4.68 Å². The van der Waals surface area contributed by atoms with Crippen molar-refractivity contribution >= 4 is 45.8 Å². The number of amides is 1. The van der Waals surface area contributed by atoms with Crippen LogP contribution in [-0.2, 0) is 0 Å². The van der Waals surface area contributed by atoms with Crippen LogP contribution in [0.4, 0.5) is 11.5 Å². The molecule has 0 unspecified atom stereocenters. The Morgan fingerprint density at radius 2 is 1.59 bits per heavy atom. The molecule has 0 aliphatic carbocycles. The molecule has 0 fully saturated rings. The van der Waals surface area contributed by atoms with E-state index in [4.69, 9.17) is 15.7 Å². The second kappa shape index (κ2) is 7.96. The zero-order chi connectivity index (χ0) is 22.1. The summed E-state index contributed by atoms with van der Waals surface area (Å²) in [6.07, 6.45) is 1.69. The van der Waals surface area contributed by atoms with Crippen LogP contribution in [0.1, 0.15) is 21.5 Å². The molecule has 0 spiro atoms. The Morgan fingerprint density at radius 1 is 0.938 bits per heavy atom. The van der Waals surface area contributed by atoms with Gasteiger partial charge in [-0.25, -0.2) is 9.97 Å². The molecule has 7 heteroatoms. The van der Waals surface area contributed by atoms with Gasteiger partial charge in [0, 0.05) is 5.69 Å². The van der Waals surface area contributed by atoms with Crippen molar-refractivity contribution in [1.82, 2.24) is 14.6 Å². The van der Waals surface area contributed by atoms with Crippen LogP contribution in [0.2, 0.25) is 0 Å². The molecule has 5 aromatic rings. The van der Waals surface area contributed by atoms with Crippen molar-refractivity contribution in [1.29, 1.82) is 0 Å². The fraction of sp³-hybridized carbons (Fsp3) is 0.0400. The van der Waals surface area contributed by atoms with Crippen LogP contribution in [0.15, 0.2) is 84.0 Å². The summed E-state index contributed by atoms with van der Waals surface area (Å²) < 4.78 is 1.47. The van der Waals surface area contributed by atoms with Crippen molar-refractivity contribution in [2.24, 2.45) is 5.10 Å². The smallest absolute Gasteiger partial charge is 0.261 e. The molecule has 0 atom stereocenters. The first-order chi connectivity index (χ1) is 15.6. The third-order valence-corrected chi connectivity index (χ3v) is 5.13. The predicted octanol–water partition coefficient (Wildman–Crippen LogP) is 4.61. The Balaban J connectivity index is 1.67. The van der Waals surface area contributed by atoms with Gasteiger partial charge in [-0.15, -0.1) is 0 Å². The number of nitrogens with zero attached hydrogens (tertiary/aromatic N) is 4. The van der Waals surface area contributed by atoms with Gasteiger partial charge < -0.3 is 11.1 Å². The highest BCUT2D eigenvalue weighted by molar-refractivity contribution is 6.16. The van der Waals surface area contributed by atoms with Gasteiger partial charge in [0.2, 0.25) is 0 Å². The van der Waals surface area contributed by atoms with Gasteiger partial charge >= 0.3 is 0 Å². The van der Waals surface area contributed by atoms with E-state index >= 15 is 0 Å². The standard InChI is InChI=1S/C25H20N6O/c1-16-11-13-17(14-12-16)15-27-31-23(26)21(25(32)28-18-7-3-2-4-8-18)22-24(31)30-20-10-6-5-9-19(20)29-22/h2-15H,26H2,1H3,(H,28,32). The molecular formula is C25H20N6O. The Kier molecular flexibility index (Phi) is 4.84. The quantitative estimate of drug-likeness (QED) is 0.415. The van der Waals surface area contributed by atoms with Crippen molar-refractivity contribution in [2.75, 3.05) is 11.1 Å². The summed E-state index contributed by atoms with van der Waals surface area (Å²) in [7, 11) is 0. The second-order valence-electron chi connectivity index (χ2n) is 7.43. The van der Waals surface area contributed by atoms with E-state index in [9.17, 15) is 4.79 Å². The van der Waals surface area contributed by atoms with Crippen molar-refractivity contribution in [3.8, 4) is 0 Å². The number of anilines is 2. The maximum atomic E-state index is 13.2. The van der Waals surface area contributed by atoms with Crippen molar-refractivity contribution in [3.63, 3.8) is 0 Å². The molecular weight excluding hydrogens is 400 g/mol. The zero-order valence-electron chi connectivity index (χ0n) is 17.4. The Morgan fingerprint density at radius 3 is 2.31 bits per heavy atom. The Bertz CT molecular complexity index is 1470. The van der Waals surface area contributed by atoms with Crippen LogP contribution in [0, 0.1) is 6.92 Å². The summed E-state index contributed by atoms with van der Waals surface area (Å²) in [6, 6.07) is 24.6. The lowest BCUT2D eigenvalue weighted by Crippen LogP contribution is -2.14. The van der Waals surface area contributed by atoms with Crippen LogP contribution in [0.5, 0.6) is 0 Å². The zero-order valence-corrected chi connectivity index (χ0v) is 17.4. The normalized spacial score (nSPS) is 11.4. The summed E-state index contributed by atoms with van der Waals surface area (Å²) in [5.41, 5.74) is 11.6. The minimum atomic E-state index is -0.368. The monoisotopic (exact) mass is 420 g/mol. The van der Waals surface area contributed by atoms with E-state index in [1.807, 2.05) is 85.8 Å². The molecule has 0 radical (unpaired) electrons. The van der Waals surface area contributed by atoms with Crippen LogP contribution in [0.3, 0.4) is 0 Å². The number of aromatic nitrogens is 3. The summed E-state index contributed by atoms with van der Waals surface area (Å²) in [6.45, 7) is 2.02. The van der Waals surface area contributed by atoms with Gasteiger partial charge in [-0.2, -0.15) is 9.78 Å². The topological polar surface area (TPSA) is 98.2 Å². The average Bonchev–Trinajstić information content (AvgIpc) is 3.08. The first kappa shape index (κ1) is 19.4. The number of nitrogen functional groups attached to an aromatic ring is 1. The SMILES string of the molecule is Cc1ccc(C=Nn2c(N)c(C(=O)Nc3ccccc3)c3nc4ccccc4nc32)cc1. The highest BCUT2D eigenvalue weighted by atomic mass is 16.1. The number of hydrogen-bond acceptors (Lipinski definition) is 5. The number of rotatable bonds is 4. The third-order valence-electron chi connectivity index (χ3n) is 5.13. The molecule has 5 rings (SSSR count). The second-order valence-corrected chi connectivity index (χ2v) is 7.43. The van der Waals surface area contributed by atoms with E-state index in [0.717, 1.165) is 11.1 Å². The molecule has 3 aromatic carbocycles. The lowest BCUT2D eigenvalue weighted by molar-refractivity contribution is 0.102. The molecule has 0 saturated carbocycles. The fourth-order valence-corrected chi connectivity index (χ4v) is 3.48. The minimum Gasteiger partial charge on any atom is -0.383 e. The largest absolute Gasteiger partial charge is 0.383 e. The summed E-state index contributed by atoms with van der Waals surface area (Å²) in [5.74, 6) is -0.195. The van der Waals surface area contributed by atoms with Crippen LogP contribution in [0.25, 0.3) is 22.2 Å². The summed E-state index contributed by atoms with van der Waals surface area (Å²) >= 11 is 0. The number of para-hydroxylation sites is 3. The highest BCUT2D eigenvalue weighted by Crippen LogP contribution is 2.28. The molecule has 0 aliphatic rings. The average molecular weight is 420 g/mol. The van der Waals surface area contributed by atoms with Gasteiger partial charge in [0.1, 0.15) is 16.9 Å². The number of nitrogens with one attached hydrogen (secondary N) is 1. The van der Waals surface area contributed by atoms with Crippen molar-refractivity contribution < 1.29 is 4.79 Å². The van der Waals surface area contributed by atoms with E-state index in [2.05, 4.69) is 10.4 Å². The molecule has 7 nitrogen and oxygen atoms in total. The van der Waals surface area contributed by atoms with E-state index in [-0.39, 0.29) is 17.3 Å². The highest BCUT2D eigenvalue weighted by Gasteiger charge is 2.24. The van der Waals surface area contributed by atoms with Gasteiger partial charge in [0.25, 0.3) is 5.91 Å². The third kappa shape index (κ3) is 3.56. The lowest BCUT2D eigenvalue weighted by Gasteiger charge is -2.05. The van der Waals surface area contributed by atoms with Crippen LogP contribution in [-0.4, -0.2) is 26.8 Å². The maximum Gasteiger partial charge on any atom is 0.261 e. The first-order valence-corrected chi connectivity index (χ1v) is 10.1. The molecule has 156 valence electrons. The number of hydrogen-bond donors (Lipinski definition) is 2. The molecule has 2 heterocycles. The molecule has 2 aromatic heterocycles. The lowest BCUT2D eigenvalue weighted by atomic mass is 10.2. The maximum absolute atomic E-state index is 13.2. The summed E-state index contributed by atoms with van der Waals surface area (Å²) in [5, 5.41) is 7.42. The van der Waals surface area contributed by atoms with E-state index in [0.29, 0.717) is 27.9 Å². The van der Waals surface area contributed by atoms with E-state index in [1.54, 1.807) is 6.21 Å². The van der Waals surface area contributed by atoms with Gasteiger partial charge in [0.05, 0.1) is 17.2 Å². The Hall–Kier alpha value is -4.52. The number of aryl methyl sites for hydroxylation is 1. The molecule has 32 heavy (non-hydrogen) atoms. The predicted molar refractivity (Wildman–Crippen MR) is 128 cm³/mol. The number of carbonyl (C=O) groups is 1. The van der Waals surface area contributed by atoms with Gasteiger partial charge in [0.15, 0.2) is 5.65 Å². The number of nitrogens with two attached hydrogens (primary N) is 1. The van der Waals surface area contributed by atoms with Crippen LogP contribution >= 0.6 is 0 Å². The van der Waals surface area contributed by atoms with Crippen molar-refractivity contribution in [2.45, 2.75) is 6.92 Å². The van der Waals surface area contributed by atoms with Crippen LogP contribution < -0.4 is 11.1 Å². The first-order valence-electron chi connectivity index (χ1n) is 10.1. The fourth-order valence-electron chi connectivity index (χ4n) is 3.48. The molecule has 1 amide bonds. The number of fused-ring (bicyclic) bond motifs is 2. The number of carbonyl (C=O) groups excluding carboxylic acids is 1.